The third-order valence-corrected chi connectivity index (χ3v) is 2.20. The van der Waals surface area contributed by atoms with Gasteiger partial charge in [0.05, 0.1) is 0 Å². The Morgan fingerprint density at radius 3 is 2.60 bits per heavy atom. The third-order valence-electron chi connectivity index (χ3n) is 2.20. The fraction of sp³-hybridized carbons (Fsp3) is 0.556. The Balaban J connectivity index is 2.84. The number of rotatable bonds is 0. The topological polar surface area (TPSA) is 26.0 Å². The first-order chi connectivity index (χ1) is 4.52. The van der Waals surface area contributed by atoms with Gasteiger partial charge in [-0.05, 0) is 19.8 Å². The number of hydrogen-bond donors (Lipinski definition) is 1. The van der Waals surface area contributed by atoms with Crippen molar-refractivity contribution in [3.8, 4) is 0 Å². The van der Waals surface area contributed by atoms with E-state index < -0.39 is 0 Å². The van der Waals surface area contributed by atoms with E-state index in [4.69, 9.17) is 5.73 Å². The van der Waals surface area contributed by atoms with Gasteiger partial charge in [0.25, 0.3) is 0 Å². The van der Waals surface area contributed by atoms with Gasteiger partial charge in [-0.1, -0.05) is 30.7 Å². The Kier molecular flexibility index (Phi) is 1.69. The lowest BCUT2D eigenvalue weighted by atomic mass is 9.83. The quantitative estimate of drug-likeness (QED) is 0.542. The van der Waals surface area contributed by atoms with Crippen LogP contribution in [0, 0.1) is 5.92 Å². The van der Waals surface area contributed by atoms with Crippen molar-refractivity contribution in [2.75, 3.05) is 0 Å². The molecule has 1 heteroatoms. The molecular formula is C9H15N. The van der Waals surface area contributed by atoms with Crippen molar-refractivity contribution >= 4 is 0 Å². The van der Waals surface area contributed by atoms with E-state index in [1.807, 2.05) is 0 Å². The largest absolute Gasteiger partial charge is 0.322 e. The molecule has 0 aliphatic heterocycles. The maximum absolute atomic E-state index is 5.95. The molecule has 0 spiro atoms. The third kappa shape index (κ3) is 1.29. The Hall–Kier alpha value is -0.560. The molecule has 0 saturated carbocycles. The maximum Gasteiger partial charge on any atom is 0.0374 e. The van der Waals surface area contributed by atoms with Crippen LogP contribution in [0.15, 0.2) is 23.8 Å². The SMILES string of the molecule is CC1=CC(C)C(C)(N)C=C1. The highest BCUT2D eigenvalue weighted by Gasteiger charge is 2.23. The van der Waals surface area contributed by atoms with E-state index in [1.165, 1.54) is 5.57 Å². The highest BCUT2D eigenvalue weighted by atomic mass is 14.7. The van der Waals surface area contributed by atoms with Gasteiger partial charge in [0.15, 0.2) is 0 Å². The second-order valence-corrected chi connectivity index (χ2v) is 3.40. The molecule has 0 amide bonds. The molecule has 2 unspecified atom stereocenters. The molecule has 2 atom stereocenters. The molecule has 0 aromatic rings. The minimum atomic E-state index is -0.139. The van der Waals surface area contributed by atoms with Gasteiger partial charge >= 0.3 is 0 Å². The molecule has 0 fully saturated rings. The van der Waals surface area contributed by atoms with Crippen molar-refractivity contribution < 1.29 is 0 Å². The monoisotopic (exact) mass is 137 g/mol. The van der Waals surface area contributed by atoms with Crippen LogP contribution < -0.4 is 5.73 Å². The predicted octanol–water partition coefficient (Wildman–Crippen LogP) is 1.86. The molecule has 1 nitrogen and oxygen atoms in total. The molecule has 0 aromatic heterocycles. The molecule has 0 bridgehead atoms. The maximum atomic E-state index is 5.95. The molecular weight excluding hydrogens is 122 g/mol. The van der Waals surface area contributed by atoms with E-state index in [-0.39, 0.29) is 5.54 Å². The van der Waals surface area contributed by atoms with Crippen LogP contribution >= 0.6 is 0 Å². The lowest BCUT2D eigenvalue weighted by Gasteiger charge is -2.29. The molecule has 1 rings (SSSR count). The second-order valence-electron chi connectivity index (χ2n) is 3.40. The van der Waals surface area contributed by atoms with Gasteiger partial charge in [-0.3, -0.25) is 0 Å². The summed E-state index contributed by atoms with van der Waals surface area (Å²) in [7, 11) is 0. The lowest BCUT2D eigenvalue weighted by Crippen LogP contribution is -2.41. The van der Waals surface area contributed by atoms with Crippen LogP contribution in [0.3, 0.4) is 0 Å². The highest BCUT2D eigenvalue weighted by molar-refractivity contribution is 5.28. The first-order valence-corrected chi connectivity index (χ1v) is 3.69. The Labute approximate surface area is 62.6 Å². The molecule has 56 valence electrons. The zero-order valence-electron chi connectivity index (χ0n) is 6.89. The zero-order valence-corrected chi connectivity index (χ0v) is 6.89. The molecule has 0 aromatic carbocycles. The standard InChI is InChI=1S/C9H15N/c1-7-4-5-9(3,10)8(2)6-7/h4-6,8H,10H2,1-3H3. The average Bonchev–Trinajstić information content (AvgIpc) is 1.81. The Bertz CT molecular complexity index is 187. The molecule has 0 saturated heterocycles. The Morgan fingerprint density at radius 2 is 2.20 bits per heavy atom. The summed E-state index contributed by atoms with van der Waals surface area (Å²) in [6.07, 6.45) is 6.37. The fourth-order valence-corrected chi connectivity index (χ4v) is 1.09. The van der Waals surface area contributed by atoms with E-state index in [0.29, 0.717) is 5.92 Å². The van der Waals surface area contributed by atoms with Gasteiger partial charge in [-0.15, -0.1) is 0 Å². The normalized spacial score (nSPS) is 39.6. The summed E-state index contributed by atoms with van der Waals surface area (Å²) in [5, 5.41) is 0. The van der Waals surface area contributed by atoms with Crippen molar-refractivity contribution in [1.82, 2.24) is 0 Å². The molecule has 0 heterocycles. The van der Waals surface area contributed by atoms with Gasteiger partial charge in [0, 0.05) is 5.54 Å². The van der Waals surface area contributed by atoms with Crippen LogP contribution in [0.25, 0.3) is 0 Å². The van der Waals surface area contributed by atoms with Crippen LogP contribution in [-0.4, -0.2) is 5.54 Å². The first kappa shape index (κ1) is 7.55. The van der Waals surface area contributed by atoms with Gasteiger partial charge in [-0.2, -0.15) is 0 Å². The summed E-state index contributed by atoms with van der Waals surface area (Å²) >= 11 is 0. The number of nitrogens with two attached hydrogens (primary N) is 1. The van der Waals surface area contributed by atoms with Crippen LogP contribution in [0.5, 0.6) is 0 Å². The van der Waals surface area contributed by atoms with Gasteiger partial charge in [0.2, 0.25) is 0 Å². The average molecular weight is 137 g/mol. The number of allylic oxidation sites excluding steroid dienone is 2. The predicted molar refractivity (Wildman–Crippen MR) is 44.7 cm³/mol. The first-order valence-electron chi connectivity index (χ1n) is 3.69. The lowest BCUT2D eigenvalue weighted by molar-refractivity contribution is 0.453. The minimum Gasteiger partial charge on any atom is -0.322 e. The van der Waals surface area contributed by atoms with E-state index in [1.54, 1.807) is 0 Å². The molecule has 10 heavy (non-hydrogen) atoms. The molecule has 1 aliphatic rings. The van der Waals surface area contributed by atoms with Crippen molar-refractivity contribution in [3.63, 3.8) is 0 Å². The summed E-state index contributed by atoms with van der Waals surface area (Å²) in [6, 6.07) is 0. The summed E-state index contributed by atoms with van der Waals surface area (Å²) < 4.78 is 0. The number of hydrogen-bond acceptors (Lipinski definition) is 1. The van der Waals surface area contributed by atoms with E-state index >= 15 is 0 Å². The Morgan fingerprint density at radius 1 is 1.60 bits per heavy atom. The van der Waals surface area contributed by atoms with Gasteiger partial charge in [-0.25, -0.2) is 0 Å². The smallest absolute Gasteiger partial charge is 0.0374 e. The molecule has 2 N–H and O–H groups in total. The van der Waals surface area contributed by atoms with Crippen molar-refractivity contribution in [3.05, 3.63) is 23.8 Å². The minimum absolute atomic E-state index is 0.139. The van der Waals surface area contributed by atoms with Crippen molar-refractivity contribution in [2.24, 2.45) is 11.7 Å². The highest BCUT2D eigenvalue weighted by Crippen LogP contribution is 2.23. The van der Waals surface area contributed by atoms with Crippen LogP contribution in [-0.2, 0) is 0 Å². The van der Waals surface area contributed by atoms with Crippen LogP contribution in [0.1, 0.15) is 20.8 Å². The van der Waals surface area contributed by atoms with E-state index in [2.05, 4.69) is 39.0 Å². The summed E-state index contributed by atoms with van der Waals surface area (Å²) in [5.41, 5.74) is 7.13. The summed E-state index contributed by atoms with van der Waals surface area (Å²) in [4.78, 5) is 0. The van der Waals surface area contributed by atoms with Crippen LogP contribution in [0.2, 0.25) is 0 Å². The van der Waals surface area contributed by atoms with Crippen LogP contribution in [0.4, 0.5) is 0 Å². The molecule has 1 aliphatic carbocycles. The van der Waals surface area contributed by atoms with Crippen molar-refractivity contribution in [2.45, 2.75) is 26.3 Å². The van der Waals surface area contributed by atoms with E-state index in [9.17, 15) is 0 Å². The second kappa shape index (κ2) is 2.24. The van der Waals surface area contributed by atoms with Gasteiger partial charge in [0.1, 0.15) is 0 Å². The summed E-state index contributed by atoms with van der Waals surface area (Å²) in [6.45, 7) is 6.30. The zero-order chi connectivity index (χ0) is 7.78. The van der Waals surface area contributed by atoms with Gasteiger partial charge < -0.3 is 5.73 Å². The fourth-order valence-electron chi connectivity index (χ4n) is 1.09. The van der Waals surface area contributed by atoms with E-state index in [0.717, 1.165) is 0 Å². The molecule has 0 radical (unpaired) electrons. The summed E-state index contributed by atoms with van der Waals surface area (Å²) in [5.74, 6) is 0.456. The van der Waals surface area contributed by atoms with Crippen molar-refractivity contribution in [1.29, 1.82) is 0 Å².